The van der Waals surface area contributed by atoms with Crippen molar-refractivity contribution in [3.05, 3.63) is 29.8 Å². The lowest BCUT2D eigenvalue weighted by Crippen LogP contribution is -2.50. The molecule has 120 valence electrons. The van der Waals surface area contributed by atoms with Gasteiger partial charge in [0.25, 0.3) is 0 Å². The molecule has 0 radical (unpaired) electrons. The van der Waals surface area contributed by atoms with E-state index < -0.39 is 11.7 Å². The van der Waals surface area contributed by atoms with E-state index in [1.165, 1.54) is 12.1 Å². The number of halogens is 3. The Hall–Kier alpha value is -1.74. The van der Waals surface area contributed by atoms with Crippen molar-refractivity contribution < 1.29 is 13.2 Å². The van der Waals surface area contributed by atoms with Crippen molar-refractivity contribution in [3.63, 3.8) is 0 Å². The molecule has 0 aromatic heterocycles. The standard InChI is InChI=1S/C16H20F3N3/c1-2-4-15(12-20)22-9-7-21(8-10-22)14-6-3-5-13(11-14)16(17,18)19/h3,5-6,11,15H,2,4,7-10H2,1H3. The molecule has 0 spiro atoms. The number of nitriles is 1. The monoisotopic (exact) mass is 311 g/mol. The number of benzene rings is 1. The van der Waals surface area contributed by atoms with E-state index in [-0.39, 0.29) is 6.04 Å². The van der Waals surface area contributed by atoms with Gasteiger partial charge in [-0.2, -0.15) is 18.4 Å². The molecule has 3 nitrogen and oxygen atoms in total. The molecule has 2 rings (SSSR count). The van der Waals surface area contributed by atoms with Gasteiger partial charge in [-0.1, -0.05) is 19.4 Å². The molecular weight excluding hydrogens is 291 g/mol. The fourth-order valence-corrected chi connectivity index (χ4v) is 2.77. The summed E-state index contributed by atoms with van der Waals surface area (Å²) in [7, 11) is 0. The topological polar surface area (TPSA) is 30.3 Å². The van der Waals surface area contributed by atoms with E-state index >= 15 is 0 Å². The second-order valence-electron chi connectivity index (χ2n) is 5.50. The van der Waals surface area contributed by atoms with E-state index in [1.54, 1.807) is 6.07 Å². The smallest absolute Gasteiger partial charge is 0.369 e. The third-order valence-corrected chi connectivity index (χ3v) is 4.00. The fourth-order valence-electron chi connectivity index (χ4n) is 2.77. The molecule has 1 unspecified atom stereocenters. The number of nitrogens with zero attached hydrogens (tertiary/aromatic N) is 3. The lowest BCUT2D eigenvalue weighted by Gasteiger charge is -2.38. The van der Waals surface area contributed by atoms with E-state index in [0.717, 1.165) is 18.9 Å². The molecule has 1 saturated heterocycles. The highest BCUT2D eigenvalue weighted by Crippen LogP contribution is 2.32. The maximum absolute atomic E-state index is 12.8. The van der Waals surface area contributed by atoms with Crippen LogP contribution in [0, 0.1) is 11.3 Å². The van der Waals surface area contributed by atoms with Crippen molar-refractivity contribution in [3.8, 4) is 6.07 Å². The number of hydrogen-bond acceptors (Lipinski definition) is 3. The minimum atomic E-state index is -4.31. The lowest BCUT2D eigenvalue weighted by molar-refractivity contribution is -0.137. The SMILES string of the molecule is CCCC(C#N)N1CCN(c2cccc(C(F)(F)F)c2)CC1. The van der Waals surface area contributed by atoms with Crippen LogP contribution in [0.25, 0.3) is 0 Å². The summed E-state index contributed by atoms with van der Waals surface area (Å²) in [6, 6.07) is 7.66. The van der Waals surface area contributed by atoms with E-state index in [9.17, 15) is 18.4 Å². The third-order valence-electron chi connectivity index (χ3n) is 4.00. The van der Waals surface area contributed by atoms with Gasteiger partial charge in [-0.15, -0.1) is 0 Å². The van der Waals surface area contributed by atoms with Gasteiger partial charge in [0.2, 0.25) is 0 Å². The average Bonchev–Trinajstić information content (AvgIpc) is 2.52. The molecule has 1 heterocycles. The van der Waals surface area contributed by atoms with Crippen LogP contribution >= 0.6 is 0 Å². The van der Waals surface area contributed by atoms with Crippen LogP contribution in [0.1, 0.15) is 25.3 Å². The van der Waals surface area contributed by atoms with E-state index in [4.69, 9.17) is 0 Å². The zero-order chi connectivity index (χ0) is 16.2. The van der Waals surface area contributed by atoms with E-state index in [1.807, 2.05) is 11.8 Å². The van der Waals surface area contributed by atoms with Gasteiger partial charge >= 0.3 is 6.18 Å². The molecule has 0 N–H and O–H groups in total. The first kappa shape index (κ1) is 16.6. The lowest BCUT2D eigenvalue weighted by atomic mass is 10.1. The summed E-state index contributed by atoms with van der Waals surface area (Å²) in [5.41, 5.74) is -0.0215. The molecule has 0 amide bonds. The predicted molar refractivity (Wildman–Crippen MR) is 79.5 cm³/mol. The van der Waals surface area contributed by atoms with Crippen LogP contribution in [0.3, 0.4) is 0 Å². The molecule has 1 aliphatic heterocycles. The maximum Gasteiger partial charge on any atom is 0.416 e. The summed E-state index contributed by atoms with van der Waals surface area (Å²) in [5.74, 6) is 0. The quantitative estimate of drug-likeness (QED) is 0.852. The van der Waals surface area contributed by atoms with Crippen LogP contribution < -0.4 is 4.90 Å². The first-order chi connectivity index (χ1) is 10.5. The Morgan fingerprint density at radius 3 is 2.45 bits per heavy atom. The minimum absolute atomic E-state index is 0.0892. The highest BCUT2D eigenvalue weighted by molar-refractivity contribution is 5.49. The molecule has 1 aromatic rings. The molecule has 1 aliphatic rings. The number of alkyl halides is 3. The molecule has 0 bridgehead atoms. The Kier molecular flexibility index (Phi) is 5.30. The highest BCUT2D eigenvalue weighted by Gasteiger charge is 2.31. The zero-order valence-corrected chi connectivity index (χ0v) is 12.6. The van der Waals surface area contributed by atoms with Crippen molar-refractivity contribution >= 4 is 5.69 Å². The molecule has 0 saturated carbocycles. The number of rotatable bonds is 4. The first-order valence-electron chi connectivity index (χ1n) is 7.51. The van der Waals surface area contributed by atoms with Crippen LogP contribution in [0.15, 0.2) is 24.3 Å². The Labute approximate surface area is 128 Å². The first-order valence-corrected chi connectivity index (χ1v) is 7.51. The normalized spacial score (nSPS) is 18.0. The Bertz CT molecular complexity index is 528. The van der Waals surface area contributed by atoms with Gasteiger partial charge in [-0.25, -0.2) is 0 Å². The molecule has 0 aliphatic carbocycles. The molecule has 22 heavy (non-hydrogen) atoms. The van der Waals surface area contributed by atoms with Gasteiger partial charge in [0.1, 0.15) is 0 Å². The molecule has 1 atom stereocenters. The van der Waals surface area contributed by atoms with E-state index in [0.29, 0.717) is 31.9 Å². The fraction of sp³-hybridized carbons (Fsp3) is 0.562. The number of piperazine rings is 1. The number of anilines is 1. The summed E-state index contributed by atoms with van der Waals surface area (Å²) in [6.45, 7) is 4.73. The van der Waals surface area contributed by atoms with Crippen LogP contribution in [0.2, 0.25) is 0 Å². The molecule has 1 fully saturated rings. The largest absolute Gasteiger partial charge is 0.416 e. The van der Waals surface area contributed by atoms with Crippen LogP contribution in [-0.4, -0.2) is 37.1 Å². The summed E-state index contributed by atoms with van der Waals surface area (Å²) in [6.07, 6.45) is -2.53. The van der Waals surface area contributed by atoms with Crippen molar-refractivity contribution in [2.24, 2.45) is 0 Å². The average molecular weight is 311 g/mol. The molecular formula is C16H20F3N3. The van der Waals surface area contributed by atoms with Crippen molar-refractivity contribution in [1.29, 1.82) is 5.26 Å². The van der Waals surface area contributed by atoms with Gasteiger partial charge < -0.3 is 4.90 Å². The van der Waals surface area contributed by atoms with Gasteiger partial charge in [0.15, 0.2) is 0 Å². The predicted octanol–water partition coefficient (Wildman–Crippen LogP) is 3.52. The van der Waals surface area contributed by atoms with Gasteiger partial charge in [0, 0.05) is 31.9 Å². The minimum Gasteiger partial charge on any atom is -0.369 e. The Morgan fingerprint density at radius 1 is 1.23 bits per heavy atom. The molecule has 6 heteroatoms. The zero-order valence-electron chi connectivity index (χ0n) is 12.6. The van der Waals surface area contributed by atoms with Crippen molar-refractivity contribution in [2.45, 2.75) is 32.0 Å². The summed E-state index contributed by atoms with van der Waals surface area (Å²) < 4.78 is 38.3. The Balaban J connectivity index is 2.02. The summed E-state index contributed by atoms with van der Waals surface area (Å²) in [5, 5.41) is 9.19. The Morgan fingerprint density at radius 2 is 1.91 bits per heavy atom. The number of hydrogen-bond donors (Lipinski definition) is 0. The third kappa shape index (κ3) is 3.92. The molecule has 1 aromatic carbocycles. The van der Waals surface area contributed by atoms with Gasteiger partial charge in [-0.05, 0) is 24.6 Å². The van der Waals surface area contributed by atoms with Crippen molar-refractivity contribution in [2.75, 3.05) is 31.1 Å². The van der Waals surface area contributed by atoms with Crippen LogP contribution in [-0.2, 0) is 6.18 Å². The van der Waals surface area contributed by atoms with Crippen LogP contribution in [0.5, 0.6) is 0 Å². The maximum atomic E-state index is 12.8. The van der Waals surface area contributed by atoms with E-state index in [2.05, 4.69) is 11.0 Å². The highest BCUT2D eigenvalue weighted by atomic mass is 19.4. The summed E-state index contributed by atoms with van der Waals surface area (Å²) in [4.78, 5) is 4.07. The summed E-state index contributed by atoms with van der Waals surface area (Å²) >= 11 is 0. The van der Waals surface area contributed by atoms with Gasteiger partial charge in [0.05, 0.1) is 17.7 Å². The van der Waals surface area contributed by atoms with Crippen LogP contribution in [0.4, 0.5) is 18.9 Å². The van der Waals surface area contributed by atoms with Crippen molar-refractivity contribution in [1.82, 2.24) is 4.90 Å². The van der Waals surface area contributed by atoms with Gasteiger partial charge in [-0.3, -0.25) is 4.90 Å². The second-order valence-corrected chi connectivity index (χ2v) is 5.50. The second kappa shape index (κ2) is 7.01.